The van der Waals surface area contributed by atoms with Gasteiger partial charge in [0.15, 0.2) is 9.84 Å². The van der Waals surface area contributed by atoms with Gasteiger partial charge in [-0.2, -0.15) is 5.10 Å². The molecule has 2 aromatic carbocycles. The molecule has 31 heavy (non-hydrogen) atoms. The normalized spacial score (nSPS) is 11.4. The fraction of sp³-hybridized carbons (Fsp3) is 0.0870. The predicted octanol–water partition coefficient (Wildman–Crippen LogP) is 4.08. The summed E-state index contributed by atoms with van der Waals surface area (Å²) in [5.41, 5.74) is 3.25. The molecule has 0 amide bonds. The summed E-state index contributed by atoms with van der Waals surface area (Å²) in [6, 6.07) is 18.8. The Hall–Kier alpha value is -3.29. The van der Waals surface area contributed by atoms with Crippen molar-refractivity contribution < 1.29 is 8.42 Å². The Kier molecular flexibility index (Phi) is 5.71. The van der Waals surface area contributed by atoms with Crippen LogP contribution in [0.2, 0.25) is 5.02 Å². The topological polar surface area (TPSA) is 81.9 Å². The SMILES string of the molecule is CS(=O)(=O)c1ccc(-c2nn(Cc3cccnc3)c(=O)cc2-c2ccc(Cl)cc2)cc1. The van der Waals surface area contributed by atoms with Crippen molar-refractivity contribution in [2.75, 3.05) is 6.26 Å². The first-order valence-electron chi connectivity index (χ1n) is 9.39. The van der Waals surface area contributed by atoms with Crippen molar-refractivity contribution in [2.24, 2.45) is 0 Å². The van der Waals surface area contributed by atoms with Crippen LogP contribution in [0.5, 0.6) is 0 Å². The van der Waals surface area contributed by atoms with Crippen LogP contribution in [0, 0.1) is 0 Å². The van der Waals surface area contributed by atoms with E-state index < -0.39 is 9.84 Å². The number of pyridine rings is 1. The number of hydrogen-bond acceptors (Lipinski definition) is 5. The van der Waals surface area contributed by atoms with Gasteiger partial charge >= 0.3 is 0 Å². The fourth-order valence-electron chi connectivity index (χ4n) is 3.19. The minimum Gasteiger partial charge on any atom is -0.268 e. The molecule has 0 aliphatic carbocycles. The molecule has 0 N–H and O–H groups in total. The van der Waals surface area contributed by atoms with E-state index in [9.17, 15) is 13.2 Å². The molecule has 0 aliphatic heterocycles. The van der Waals surface area contributed by atoms with Crippen LogP contribution < -0.4 is 5.56 Å². The third-order valence-electron chi connectivity index (χ3n) is 4.76. The van der Waals surface area contributed by atoms with Crippen LogP contribution in [0.4, 0.5) is 0 Å². The first-order chi connectivity index (χ1) is 14.8. The highest BCUT2D eigenvalue weighted by Gasteiger charge is 2.15. The standard InChI is InChI=1S/C23H18ClN3O3S/c1-31(29,30)20-10-6-18(7-11-20)23-21(17-4-8-19(24)9-5-17)13-22(28)27(26-23)15-16-3-2-12-25-14-16/h2-14H,15H2,1H3. The highest BCUT2D eigenvalue weighted by molar-refractivity contribution is 7.90. The lowest BCUT2D eigenvalue weighted by molar-refractivity contribution is 0.602. The maximum Gasteiger partial charge on any atom is 0.267 e. The van der Waals surface area contributed by atoms with E-state index in [-0.39, 0.29) is 17.0 Å². The molecule has 2 aromatic heterocycles. The van der Waals surface area contributed by atoms with Crippen LogP contribution in [-0.2, 0) is 16.4 Å². The highest BCUT2D eigenvalue weighted by atomic mass is 35.5. The van der Waals surface area contributed by atoms with Crippen molar-refractivity contribution in [3.05, 3.63) is 100 Å². The average Bonchev–Trinajstić information content (AvgIpc) is 2.76. The fourth-order valence-corrected chi connectivity index (χ4v) is 3.95. The summed E-state index contributed by atoms with van der Waals surface area (Å²) in [5.74, 6) is 0. The molecule has 0 unspecified atom stereocenters. The van der Waals surface area contributed by atoms with Crippen LogP contribution in [0.3, 0.4) is 0 Å². The van der Waals surface area contributed by atoms with Gasteiger partial charge in [-0.3, -0.25) is 9.78 Å². The summed E-state index contributed by atoms with van der Waals surface area (Å²) in [7, 11) is -3.32. The predicted molar refractivity (Wildman–Crippen MR) is 121 cm³/mol. The van der Waals surface area contributed by atoms with E-state index in [1.54, 1.807) is 42.7 Å². The number of halogens is 1. The van der Waals surface area contributed by atoms with Gasteiger partial charge in [-0.15, -0.1) is 0 Å². The van der Waals surface area contributed by atoms with Crippen molar-refractivity contribution in [1.29, 1.82) is 0 Å². The molecule has 0 spiro atoms. The number of nitrogens with zero attached hydrogens (tertiary/aromatic N) is 3. The Morgan fingerprint density at radius 3 is 2.26 bits per heavy atom. The number of sulfone groups is 1. The Morgan fingerprint density at radius 2 is 1.65 bits per heavy atom. The van der Waals surface area contributed by atoms with Crippen molar-refractivity contribution >= 4 is 21.4 Å². The van der Waals surface area contributed by atoms with Crippen LogP contribution in [0.1, 0.15) is 5.56 Å². The second-order valence-corrected chi connectivity index (χ2v) is 9.52. The van der Waals surface area contributed by atoms with Crippen molar-refractivity contribution in [1.82, 2.24) is 14.8 Å². The van der Waals surface area contributed by atoms with Gasteiger partial charge in [0.25, 0.3) is 5.56 Å². The summed E-state index contributed by atoms with van der Waals surface area (Å²) in [5, 5.41) is 5.21. The van der Waals surface area contributed by atoms with E-state index in [1.807, 2.05) is 18.2 Å². The zero-order chi connectivity index (χ0) is 22.0. The molecule has 0 radical (unpaired) electrons. The van der Waals surface area contributed by atoms with Gasteiger partial charge in [-0.25, -0.2) is 13.1 Å². The lowest BCUT2D eigenvalue weighted by atomic mass is 10.00. The van der Waals surface area contributed by atoms with E-state index in [0.717, 1.165) is 17.4 Å². The van der Waals surface area contributed by atoms with E-state index >= 15 is 0 Å². The molecule has 156 valence electrons. The molecule has 6 nitrogen and oxygen atoms in total. The number of rotatable bonds is 5. The summed E-state index contributed by atoms with van der Waals surface area (Å²) in [6.45, 7) is 0.266. The van der Waals surface area contributed by atoms with Gasteiger partial charge in [0.05, 0.1) is 17.1 Å². The molecule has 2 heterocycles. The van der Waals surface area contributed by atoms with Crippen molar-refractivity contribution in [2.45, 2.75) is 11.4 Å². The molecule has 0 aliphatic rings. The Bertz CT molecular complexity index is 1380. The lowest BCUT2D eigenvalue weighted by Crippen LogP contribution is -2.24. The highest BCUT2D eigenvalue weighted by Crippen LogP contribution is 2.30. The molecule has 8 heteroatoms. The number of benzene rings is 2. The second kappa shape index (κ2) is 8.45. The van der Waals surface area contributed by atoms with Crippen LogP contribution >= 0.6 is 11.6 Å². The molecule has 0 bridgehead atoms. The van der Waals surface area contributed by atoms with Crippen molar-refractivity contribution in [3.8, 4) is 22.4 Å². The van der Waals surface area contributed by atoms with Gasteiger partial charge in [0.1, 0.15) is 0 Å². The first-order valence-corrected chi connectivity index (χ1v) is 11.7. The minimum absolute atomic E-state index is 0.216. The van der Waals surface area contributed by atoms with E-state index in [0.29, 0.717) is 21.8 Å². The molecule has 0 saturated carbocycles. The molecule has 0 fully saturated rings. The lowest BCUT2D eigenvalue weighted by Gasteiger charge is -2.13. The number of hydrogen-bond donors (Lipinski definition) is 0. The second-order valence-electron chi connectivity index (χ2n) is 7.07. The minimum atomic E-state index is -3.32. The molecule has 4 aromatic rings. The summed E-state index contributed by atoms with van der Waals surface area (Å²) < 4.78 is 25.0. The summed E-state index contributed by atoms with van der Waals surface area (Å²) >= 11 is 6.02. The van der Waals surface area contributed by atoms with E-state index in [2.05, 4.69) is 10.1 Å². The Morgan fingerprint density at radius 1 is 0.968 bits per heavy atom. The summed E-state index contributed by atoms with van der Waals surface area (Å²) in [6.07, 6.45) is 4.51. The van der Waals surface area contributed by atoms with Crippen LogP contribution in [0.25, 0.3) is 22.4 Å². The molecular weight excluding hydrogens is 434 g/mol. The largest absolute Gasteiger partial charge is 0.268 e. The monoisotopic (exact) mass is 451 g/mol. The van der Waals surface area contributed by atoms with Gasteiger partial charge < -0.3 is 0 Å². The van der Waals surface area contributed by atoms with Crippen molar-refractivity contribution in [3.63, 3.8) is 0 Å². The first kappa shape index (κ1) is 21.0. The smallest absolute Gasteiger partial charge is 0.267 e. The summed E-state index contributed by atoms with van der Waals surface area (Å²) in [4.78, 5) is 17.1. The third kappa shape index (κ3) is 4.73. The van der Waals surface area contributed by atoms with E-state index in [1.165, 1.54) is 22.9 Å². The van der Waals surface area contributed by atoms with Crippen LogP contribution in [-0.4, -0.2) is 29.4 Å². The zero-order valence-electron chi connectivity index (χ0n) is 16.6. The maximum atomic E-state index is 12.8. The van der Waals surface area contributed by atoms with Gasteiger partial charge in [0.2, 0.25) is 0 Å². The Labute approximate surface area is 184 Å². The van der Waals surface area contributed by atoms with Crippen LogP contribution in [0.15, 0.2) is 88.8 Å². The molecule has 4 rings (SSSR count). The average molecular weight is 452 g/mol. The zero-order valence-corrected chi connectivity index (χ0v) is 18.1. The van der Waals surface area contributed by atoms with Gasteiger partial charge in [-0.05, 0) is 41.5 Å². The quantitative estimate of drug-likeness (QED) is 0.456. The Balaban J connectivity index is 1.87. The van der Waals surface area contributed by atoms with Gasteiger partial charge in [-0.1, -0.05) is 41.9 Å². The van der Waals surface area contributed by atoms with Gasteiger partial charge in [0, 0.05) is 40.9 Å². The molecule has 0 atom stereocenters. The third-order valence-corrected chi connectivity index (χ3v) is 6.14. The molecular formula is C23H18ClN3O3S. The maximum absolute atomic E-state index is 12.8. The van der Waals surface area contributed by atoms with E-state index in [4.69, 9.17) is 11.6 Å². The number of aromatic nitrogens is 3. The molecule has 0 saturated heterocycles.